The molecule has 0 aromatic rings. The topological polar surface area (TPSA) is 175 Å². The van der Waals surface area contributed by atoms with E-state index >= 15 is 0 Å². The third-order valence-electron chi connectivity index (χ3n) is 14.3. The first kappa shape index (κ1) is 75.8. The molecule has 1 rings (SSSR count). The van der Waals surface area contributed by atoms with Crippen LogP contribution in [0.2, 0.25) is 0 Å². The molecule has 11 nitrogen and oxygen atoms in total. The molecule has 0 aromatic carbocycles. The van der Waals surface area contributed by atoms with Gasteiger partial charge in [-0.2, -0.15) is 0 Å². The second-order valence-electron chi connectivity index (χ2n) is 21.7. The van der Waals surface area contributed by atoms with E-state index in [1.807, 2.05) is 18.2 Å². The van der Waals surface area contributed by atoms with Crippen molar-refractivity contribution in [2.24, 2.45) is 0 Å². The molecule has 11 heteroatoms. The molecule has 0 radical (unpaired) electrons. The molecule has 1 fully saturated rings. The molecule has 0 aromatic heterocycles. The lowest BCUT2D eigenvalue weighted by Crippen LogP contribution is -2.61. The summed E-state index contributed by atoms with van der Waals surface area (Å²) in [6.07, 6.45) is 70.6. The van der Waals surface area contributed by atoms with E-state index in [0.29, 0.717) is 19.3 Å². The Hall–Kier alpha value is -4.20. The number of carbonyl (C=O) groups excluding carboxylic acids is 2. The van der Waals surface area contributed by atoms with Gasteiger partial charge in [0, 0.05) is 6.42 Å². The van der Waals surface area contributed by atoms with Gasteiger partial charge in [-0.25, -0.2) is 0 Å². The Bertz CT molecular complexity index is 1840. The Labute approximate surface area is 499 Å². The lowest BCUT2D eigenvalue weighted by atomic mass is 9.99. The van der Waals surface area contributed by atoms with Gasteiger partial charge in [-0.15, -0.1) is 0 Å². The van der Waals surface area contributed by atoms with E-state index in [-0.39, 0.29) is 19.4 Å². The maximum Gasteiger partial charge on any atom is 0.306 e. The van der Waals surface area contributed by atoms with Gasteiger partial charge in [0.25, 0.3) is 0 Å². The van der Waals surface area contributed by atoms with E-state index in [9.17, 15) is 35.1 Å². The standard InChI is InChI=1S/C71H117NO10/c1-4-7-10-13-16-19-22-25-27-29-30-31-32-33-34-35-37-38-40-43-46-49-52-55-58-64(75)70(79)72-62(63(74)57-54-51-48-45-42-24-21-18-15-12-9-6-3)61-80-71-69(68(78)67(77)65(60-73)81-71)82-66(76)59-56-53-50-47-44-41-39-36-28-26-23-20-17-14-11-8-5-2/h7-8,10-11,16-17,19-20,25-28,30-31,33-34,39,41,47,50,54,57,62-65,67-69,71,73-75,77-78H,4-6,9,12-15,18,21-24,29,32,35-38,40,42-46,48-49,51-53,55-56,58-61H2,1-3H3,(H,72,79)/b10-7-,11-8-,19-16-,20-17-,27-25-,28-26-,31-30-,34-33-,41-39-,50-47-,57-54+. The highest BCUT2D eigenvalue weighted by atomic mass is 16.7. The van der Waals surface area contributed by atoms with Crippen LogP contribution in [-0.4, -0.2) is 99.6 Å². The molecule has 8 atom stereocenters. The van der Waals surface area contributed by atoms with Crippen molar-refractivity contribution in [1.29, 1.82) is 0 Å². The fourth-order valence-electron chi connectivity index (χ4n) is 9.24. The van der Waals surface area contributed by atoms with Gasteiger partial charge in [-0.05, 0) is 109 Å². The molecule has 1 amide bonds. The summed E-state index contributed by atoms with van der Waals surface area (Å²) in [7, 11) is 0. The number of unbranched alkanes of at least 4 members (excludes halogenated alkanes) is 19. The van der Waals surface area contributed by atoms with Crippen molar-refractivity contribution in [1.82, 2.24) is 5.32 Å². The van der Waals surface area contributed by atoms with Crippen LogP contribution in [-0.2, 0) is 23.8 Å². The van der Waals surface area contributed by atoms with Crippen LogP contribution in [0.3, 0.4) is 0 Å². The Balaban J connectivity index is 2.67. The summed E-state index contributed by atoms with van der Waals surface area (Å²) in [6.45, 7) is 5.52. The SMILES string of the molecule is CC/C=C\C/C=C\C/C=C\C/C=C\C/C=C\CCCCCCCCCCC(O)C(=O)NC(COC1OC(CO)C(O)C(O)C1OC(=O)CCC/C=C\C/C=C\C/C=C\C/C=C\C/C=C\CC)C(O)/C=C/CCCCCCCCCCCC. The molecule has 6 N–H and O–H groups in total. The monoisotopic (exact) mass is 1140 g/mol. The van der Waals surface area contributed by atoms with Crippen molar-refractivity contribution in [2.75, 3.05) is 13.2 Å². The molecular formula is C71H117NO10. The molecule has 1 heterocycles. The summed E-state index contributed by atoms with van der Waals surface area (Å²) >= 11 is 0. The Morgan fingerprint density at radius 1 is 0.488 bits per heavy atom. The van der Waals surface area contributed by atoms with Gasteiger partial charge in [0.05, 0.1) is 25.4 Å². The maximum atomic E-state index is 13.5. The highest BCUT2D eigenvalue weighted by molar-refractivity contribution is 5.80. The van der Waals surface area contributed by atoms with Gasteiger partial charge in [-0.3, -0.25) is 9.59 Å². The minimum absolute atomic E-state index is 0.0376. The summed E-state index contributed by atoms with van der Waals surface area (Å²) in [5.74, 6) is -1.27. The number of hydrogen-bond donors (Lipinski definition) is 6. The highest BCUT2D eigenvalue weighted by Gasteiger charge is 2.47. The Kier molecular flexibility index (Phi) is 52.9. The van der Waals surface area contributed by atoms with E-state index in [2.05, 4.69) is 135 Å². The molecule has 1 saturated heterocycles. The van der Waals surface area contributed by atoms with Gasteiger partial charge in [0.2, 0.25) is 5.91 Å². The number of esters is 1. The number of carbonyl (C=O) groups is 2. The maximum absolute atomic E-state index is 13.5. The second kappa shape index (κ2) is 57.2. The van der Waals surface area contributed by atoms with Crippen LogP contribution in [0.1, 0.15) is 239 Å². The van der Waals surface area contributed by atoms with Crippen LogP contribution in [0.15, 0.2) is 134 Å². The Morgan fingerprint density at radius 2 is 0.878 bits per heavy atom. The predicted octanol–water partition coefficient (Wildman–Crippen LogP) is 16.0. The lowest BCUT2D eigenvalue weighted by Gasteiger charge is -2.41. The third kappa shape index (κ3) is 44.3. The first-order valence-electron chi connectivity index (χ1n) is 32.5. The molecule has 1 aliphatic heterocycles. The normalized spacial score (nSPS) is 19.5. The minimum atomic E-state index is -1.65. The number of hydrogen-bond acceptors (Lipinski definition) is 10. The van der Waals surface area contributed by atoms with Crippen LogP contribution in [0.4, 0.5) is 0 Å². The molecule has 0 spiro atoms. The van der Waals surface area contributed by atoms with Gasteiger partial charge in [0.1, 0.15) is 24.4 Å². The van der Waals surface area contributed by atoms with Gasteiger partial charge in [-0.1, -0.05) is 257 Å². The number of aliphatic hydroxyl groups is 5. The minimum Gasteiger partial charge on any atom is -0.454 e. The quantitative estimate of drug-likeness (QED) is 0.0195. The smallest absolute Gasteiger partial charge is 0.306 e. The van der Waals surface area contributed by atoms with Crippen LogP contribution >= 0.6 is 0 Å². The van der Waals surface area contributed by atoms with Crippen LogP contribution in [0.5, 0.6) is 0 Å². The summed E-state index contributed by atoms with van der Waals surface area (Å²) in [5.41, 5.74) is 0. The molecule has 0 saturated carbocycles. The average Bonchev–Trinajstić information content (AvgIpc) is 3.68. The number of nitrogens with one attached hydrogen (secondary N) is 1. The average molecular weight is 1140 g/mol. The van der Waals surface area contributed by atoms with Gasteiger partial charge >= 0.3 is 5.97 Å². The first-order chi connectivity index (χ1) is 40.2. The van der Waals surface area contributed by atoms with Crippen molar-refractivity contribution >= 4 is 11.9 Å². The van der Waals surface area contributed by atoms with E-state index in [1.165, 1.54) is 64.2 Å². The second-order valence-corrected chi connectivity index (χ2v) is 21.7. The highest BCUT2D eigenvalue weighted by Crippen LogP contribution is 2.26. The van der Waals surface area contributed by atoms with E-state index in [1.54, 1.807) is 6.08 Å². The molecule has 466 valence electrons. The van der Waals surface area contributed by atoms with Gasteiger partial charge < -0.3 is 45.1 Å². The zero-order valence-corrected chi connectivity index (χ0v) is 51.6. The molecule has 82 heavy (non-hydrogen) atoms. The molecular weight excluding hydrogens is 1030 g/mol. The van der Waals surface area contributed by atoms with E-state index < -0.39 is 67.4 Å². The summed E-state index contributed by atoms with van der Waals surface area (Å²) in [6, 6.07) is -1.05. The zero-order valence-electron chi connectivity index (χ0n) is 51.6. The summed E-state index contributed by atoms with van der Waals surface area (Å²) < 4.78 is 17.6. The van der Waals surface area contributed by atoms with Crippen LogP contribution in [0.25, 0.3) is 0 Å². The predicted molar refractivity (Wildman–Crippen MR) is 342 cm³/mol. The molecule has 1 aliphatic rings. The Morgan fingerprint density at radius 3 is 1.32 bits per heavy atom. The number of allylic oxidation sites excluding steroid dienone is 21. The summed E-state index contributed by atoms with van der Waals surface area (Å²) in [5, 5.41) is 57.0. The third-order valence-corrected chi connectivity index (χ3v) is 14.3. The fraction of sp³-hybridized carbons (Fsp3) is 0.662. The van der Waals surface area contributed by atoms with Crippen molar-refractivity contribution < 1.29 is 49.3 Å². The van der Waals surface area contributed by atoms with Crippen LogP contribution in [0, 0.1) is 0 Å². The number of rotatable bonds is 53. The zero-order chi connectivity index (χ0) is 59.6. The van der Waals surface area contributed by atoms with Crippen molar-refractivity contribution in [2.45, 2.75) is 288 Å². The molecule has 0 aliphatic carbocycles. The van der Waals surface area contributed by atoms with Crippen molar-refractivity contribution in [3.05, 3.63) is 134 Å². The number of ether oxygens (including phenoxy) is 3. The van der Waals surface area contributed by atoms with Crippen molar-refractivity contribution in [3.8, 4) is 0 Å². The van der Waals surface area contributed by atoms with Gasteiger partial charge in [0.15, 0.2) is 12.4 Å². The van der Waals surface area contributed by atoms with E-state index in [4.69, 9.17) is 14.2 Å². The fourth-order valence-corrected chi connectivity index (χ4v) is 9.24. The molecule has 0 bridgehead atoms. The van der Waals surface area contributed by atoms with E-state index in [0.717, 1.165) is 122 Å². The largest absolute Gasteiger partial charge is 0.454 e. The first-order valence-corrected chi connectivity index (χ1v) is 32.5. The van der Waals surface area contributed by atoms with Crippen LogP contribution < -0.4 is 5.32 Å². The molecule has 8 unspecified atom stereocenters. The van der Waals surface area contributed by atoms with Crippen molar-refractivity contribution in [3.63, 3.8) is 0 Å². The lowest BCUT2D eigenvalue weighted by molar-refractivity contribution is -0.305. The number of aliphatic hydroxyl groups excluding tert-OH is 5. The number of amides is 1. The summed E-state index contributed by atoms with van der Waals surface area (Å²) in [4.78, 5) is 26.6.